The maximum atomic E-state index is 8.98. The molecule has 0 atom stereocenters. The molecule has 0 radical (unpaired) electrons. The fourth-order valence-electron chi connectivity index (χ4n) is 1.78. The van der Waals surface area contributed by atoms with E-state index in [2.05, 4.69) is 16.4 Å². The summed E-state index contributed by atoms with van der Waals surface area (Å²) in [6.45, 7) is 0.962. The first kappa shape index (κ1) is 10.7. The second-order valence-electron chi connectivity index (χ2n) is 3.65. The van der Waals surface area contributed by atoms with E-state index in [1.54, 1.807) is 0 Å². The third-order valence-electron chi connectivity index (χ3n) is 2.55. The number of aromatic nitrogens is 2. The quantitative estimate of drug-likeness (QED) is 0.782. The SMILES string of the molecule is CNCCCc1nc(C#N)c2ccccn12. The van der Waals surface area contributed by atoms with Gasteiger partial charge in [0.2, 0.25) is 0 Å². The first-order valence-corrected chi connectivity index (χ1v) is 5.37. The molecule has 2 heterocycles. The number of nitrogens with one attached hydrogen (secondary N) is 1. The molecule has 1 N–H and O–H groups in total. The lowest BCUT2D eigenvalue weighted by Gasteiger charge is -2.00. The summed E-state index contributed by atoms with van der Waals surface area (Å²) >= 11 is 0. The number of imidazole rings is 1. The largest absolute Gasteiger partial charge is 0.320 e. The molecule has 4 nitrogen and oxygen atoms in total. The summed E-state index contributed by atoms with van der Waals surface area (Å²) < 4.78 is 1.99. The Morgan fingerprint density at radius 1 is 1.50 bits per heavy atom. The number of nitrogens with zero attached hydrogens (tertiary/aromatic N) is 3. The van der Waals surface area contributed by atoms with Crippen LogP contribution < -0.4 is 5.32 Å². The van der Waals surface area contributed by atoms with Crippen LogP contribution in [0.25, 0.3) is 5.52 Å². The van der Waals surface area contributed by atoms with Gasteiger partial charge in [0.15, 0.2) is 5.69 Å². The molecule has 0 saturated carbocycles. The number of fused-ring (bicyclic) bond motifs is 1. The van der Waals surface area contributed by atoms with E-state index in [9.17, 15) is 0 Å². The maximum absolute atomic E-state index is 8.98. The van der Waals surface area contributed by atoms with Crippen LogP contribution in [0.2, 0.25) is 0 Å². The zero-order valence-corrected chi connectivity index (χ0v) is 9.27. The van der Waals surface area contributed by atoms with Crippen LogP contribution in [-0.2, 0) is 6.42 Å². The van der Waals surface area contributed by atoms with Crippen LogP contribution in [0.15, 0.2) is 24.4 Å². The minimum absolute atomic E-state index is 0.514. The molecule has 0 unspecified atom stereocenters. The summed E-state index contributed by atoms with van der Waals surface area (Å²) in [5.41, 5.74) is 1.41. The molecular formula is C12H14N4. The number of rotatable bonds is 4. The van der Waals surface area contributed by atoms with Crippen molar-refractivity contribution in [3.63, 3.8) is 0 Å². The molecule has 0 aliphatic heterocycles. The zero-order chi connectivity index (χ0) is 11.4. The monoisotopic (exact) mass is 214 g/mol. The molecule has 2 aromatic rings. The molecule has 82 valence electrons. The van der Waals surface area contributed by atoms with Crippen molar-refractivity contribution in [2.24, 2.45) is 0 Å². The lowest BCUT2D eigenvalue weighted by Crippen LogP contribution is -2.09. The van der Waals surface area contributed by atoms with Gasteiger partial charge in [-0.15, -0.1) is 0 Å². The summed E-state index contributed by atoms with van der Waals surface area (Å²) in [4.78, 5) is 4.35. The van der Waals surface area contributed by atoms with Crippen LogP contribution >= 0.6 is 0 Å². The first-order valence-electron chi connectivity index (χ1n) is 5.37. The molecule has 0 aliphatic carbocycles. The molecule has 0 amide bonds. The van der Waals surface area contributed by atoms with E-state index in [0.29, 0.717) is 5.69 Å². The van der Waals surface area contributed by atoms with E-state index < -0.39 is 0 Å². The van der Waals surface area contributed by atoms with Gasteiger partial charge >= 0.3 is 0 Å². The van der Waals surface area contributed by atoms with Crippen molar-refractivity contribution < 1.29 is 0 Å². The van der Waals surface area contributed by atoms with Crippen molar-refractivity contribution >= 4 is 5.52 Å². The molecule has 0 fully saturated rings. The van der Waals surface area contributed by atoms with Crippen LogP contribution in [0.5, 0.6) is 0 Å². The third-order valence-corrected chi connectivity index (χ3v) is 2.55. The van der Waals surface area contributed by atoms with Gasteiger partial charge in [0.05, 0.1) is 5.52 Å². The Kier molecular flexibility index (Phi) is 3.18. The molecule has 0 spiro atoms. The van der Waals surface area contributed by atoms with E-state index in [1.165, 1.54) is 0 Å². The summed E-state index contributed by atoms with van der Waals surface area (Å²) in [5.74, 6) is 0.961. The summed E-state index contributed by atoms with van der Waals surface area (Å²) in [6.07, 6.45) is 3.86. The van der Waals surface area contributed by atoms with E-state index in [4.69, 9.17) is 5.26 Å². The average molecular weight is 214 g/mol. The number of nitriles is 1. The van der Waals surface area contributed by atoms with Gasteiger partial charge in [0.1, 0.15) is 11.9 Å². The minimum Gasteiger partial charge on any atom is -0.320 e. The van der Waals surface area contributed by atoms with E-state index in [-0.39, 0.29) is 0 Å². The van der Waals surface area contributed by atoms with Gasteiger partial charge < -0.3 is 9.72 Å². The molecule has 2 aromatic heterocycles. The first-order chi connectivity index (χ1) is 7.86. The van der Waals surface area contributed by atoms with Crippen molar-refractivity contribution in [1.82, 2.24) is 14.7 Å². The van der Waals surface area contributed by atoms with Gasteiger partial charge in [0.25, 0.3) is 0 Å². The molecule has 0 aromatic carbocycles. The molecule has 4 heteroatoms. The third kappa shape index (κ3) is 1.90. The molecule has 0 bridgehead atoms. The average Bonchev–Trinajstić information content (AvgIpc) is 2.68. The number of hydrogen-bond donors (Lipinski definition) is 1. The Hall–Kier alpha value is -1.86. The van der Waals surface area contributed by atoms with Crippen LogP contribution in [0.1, 0.15) is 17.9 Å². The number of hydrogen-bond acceptors (Lipinski definition) is 3. The highest BCUT2D eigenvalue weighted by atomic mass is 15.0. The van der Waals surface area contributed by atoms with E-state index in [0.717, 1.165) is 30.7 Å². The van der Waals surface area contributed by atoms with E-state index in [1.807, 2.05) is 35.8 Å². The van der Waals surface area contributed by atoms with Crippen molar-refractivity contribution in [2.75, 3.05) is 13.6 Å². The summed E-state index contributed by atoms with van der Waals surface area (Å²) in [7, 11) is 1.93. The number of pyridine rings is 1. The van der Waals surface area contributed by atoms with Gasteiger partial charge in [-0.05, 0) is 32.1 Å². The zero-order valence-electron chi connectivity index (χ0n) is 9.27. The Bertz CT molecular complexity index is 521. The van der Waals surface area contributed by atoms with Crippen molar-refractivity contribution in [2.45, 2.75) is 12.8 Å². The minimum atomic E-state index is 0.514. The predicted octanol–water partition coefficient (Wildman–Crippen LogP) is 1.36. The summed E-state index contributed by atoms with van der Waals surface area (Å²) in [6, 6.07) is 7.94. The molecule has 0 saturated heterocycles. The van der Waals surface area contributed by atoms with Gasteiger partial charge in [-0.25, -0.2) is 4.98 Å². The Morgan fingerprint density at radius 3 is 3.12 bits per heavy atom. The standard InChI is InChI=1S/C12H14N4/c1-14-7-4-6-12-15-10(9-13)11-5-2-3-8-16(11)12/h2-3,5,8,14H,4,6-7H2,1H3. The maximum Gasteiger partial charge on any atom is 0.166 e. The predicted molar refractivity (Wildman–Crippen MR) is 62.2 cm³/mol. The highest BCUT2D eigenvalue weighted by Gasteiger charge is 2.08. The number of aryl methyl sites for hydroxylation is 1. The molecule has 0 aliphatic rings. The van der Waals surface area contributed by atoms with Crippen LogP contribution in [0, 0.1) is 11.3 Å². The smallest absolute Gasteiger partial charge is 0.166 e. The Morgan fingerprint density at radius 2 is 2.38 bits per heavy atom. The second kappa shape index (κ2) is 4.77. The van der Waals surface area contributed by atoms with Gasteiger partial charge in [0, 0.05) is 12.6 Å². The molecular weight excluding hydrogens is 200 g/mol. The van der Waals surface area contributed by atoms with E-state index >= 15 is 0 Å². The Labute approximate surface area is 94.5 Å². The highest BCUT2D eigenvalue weighted by Crippen LogP contribution is 2.13. The van der Waals surface area contributed by atoms with Crippen molar-refractivity contribution in [1.29, 1.82) is 5.26 Å². The van der Waals surface area contributed by atoms with Crippen LogP contribution in [-0.4, -0.2) is 23.0 Å². The Balaban J connectivity index is 2.35. The van der Waals surface area contributed by atoms with Crippen LogP contribution in [0.3, 0.4) is 0 Å². The lowest BCUT2D eigenvalue weighted by atomic mass is 10.3. The van der Waals surface area contributed by atoms with Crippen LogP contribution in [0.4, 0.5) is 0 Å². The van der Waals surface area contributed by atoms with Gasteiger partial charge in [-0.2, -0.15) is 5.26 Å². The summed E-state index contributed by atoms with van der Waals surface area (Å²) in [5, 5.41) is 12.1. The van der Waals surface area contributed by atoms with Gasteiger partial charge in [-0.1, -0.05) is 6.07 Å². The molecule has 16 heavy (non-hydrogen) atoms. The normalized spacial score (nSPS) is 10.5. The second-order valence-corrected chi connectivity index (χ2v) is 3.65. The van der Waals surface area contributed by atoms with Crippen molar-refractivity contribution in [3.05, 3.63) is 35.9 Å². The fraction of sp³-hybridized carbons (Fsp3) is 0.333. The topological polar surface area (TPSA) is 53.1 Å². The highest BCUT2D eigenvalue weighted by molar-refractivity contribution is 5.58. The van der Waals surface area contributed by atoms with Gasteiger partial charge in [-0.3, -0.25) is 0 Å². The van der Waals surface area contributed by atoms with Crippen molar-refractivity contribution in [3.8, 4) is 6.07 Å². The fourth-order valence-corrected chi connectivity index (χ4v) is 1.78. The molecule has 2 rings (SSSR count). The lowest BCUT2D eigenvalue weighted by molar-refractivity contribution is 0.700.